The van der Waals surface area contributed by atoms with Gasteiger partial charge in [-0.3, -0.25) is 4.98 Å². The lowest BCUT2D eigenvalue weighted by Gasteiger charge is -2.29. The fourth-order valence-electron chi connectivity index (χ4n) is 4.75. The smallest absolute Gasteiger partial charge is 0.433 e. The summed E-state index contributed by atoms with van der Waals surface area (Å²) in [5, 5.41) is 30.9. The van der Waals surface area contributed by atoms with Crippen LogP contribution in [0, 0.1) is 18.3 Å². The van der Waals surface area contributed by atoms with Gasteiger partial charge in [0.05, 0.1) is 36.3 Å². The number of fused-ring (bicyclic) bond motifs is 1. The first-order valence-electron chi connectivity index (χ1n) is 12.0. The van der Waals surface area contributed by atoms with Gasteiger partial charge < -0.3 is 14.4 Å². The highest BCUT2D eigenvalue weighted by Crippen LogP contribution is 2.39. The van der Waals surface area contributed by atoms with E-state index in [1.165, 1.54) is 24.1 Å². The number of hydrogen-bond donors (Lipinski definition) is 1. The van der Waals surface area contributed by atoms with Gasteiger partial charge in [0.25, 0.3) is 0 Å². The normalized spacial score (nSPS) is 13.3. The number of aryl methyl sites for hydroxylation is 2. The molecular weight excluding hydrogens is 525 g/mol. The molecule has 0 saturated carbocycles. The lowest BCUT2D eigenvalue weighted by molar-refractivity contribution is -0.141. The predicted molar refractivity (Wildman–Crippen MR) is 136 cm³/mol. The van der Waals surface area contributed by atoms with E-state index in [0.717, 1.165) is 12.3 Å². The molecule has 4 heterocycles. The maximum absolute atomic E-state index is 13.0. The number of nitriles is 1. The Balaban J connectivity index is 1.71. The van der Waals surface area contributed by atoms with E-state index in [-0.39, 0.29) is 17.9 Å². The van der Waals surface area contributed by atoms with Crippen LogP contribution in [0.5, 0.6) is 5.88 Å². The van der Waals surface area contributed by atoms with Gasteiger partial charge in [0, 0.05) is 37.7 Å². The lowest BCUT2D eigenvalue weighted by atomic mass is 9.85. The van der Waals surface area contributed by atoms with Crippen LogP contribution >= 0.6 is 0 Å². The van der Waals surface area contributed by atoms with Crippen LogP contribution in [-0.4, -0.2) is 46.7 Å². The predicted octanol–water partition coefficient (Wildman–Crippen LogP) is 3.57. The van der Waals surface area contributed by atoms with Gasteiger partial charge in [-0.15, -0.1) is 5.10 Å². The quantitative estimate of drug-likeness (QED) is 0.341. The highest BCUT2D eigenvalue weighted by atomic mass is 19.4. The van der Waals surface area contributed by atoms with Crippen LogP contribution < -0.4 is 4.74 Å². The minimum Gasteiger partial charge on any atom is -0.481 e. The molecule has 1 aromatic carbocycles. The zero-order chi connectivity index (χ0) is 28.8. The SMILES string of the molecule is COc1nc2ccc(C(O)(c3cnnn3C)c3cnc(C)n3C)cc2c(C#N)c1Cc1ccc(C(F)(F)F)nc1. The fourth-order valence-corrected chi connectivity index (χ4v) is 4.75. The van der Waals surface area contributed by atoms with Gasteiger partial charge in [0.2, 0.25) is 5.88 Å². The topological polar surface area (TPSA) is 128 Å². The van der Waals surface area contributed by atoms with Crippen molar-refractivity contribution < 1.29 is 23.0 Å². The summed E-state index contributed by atoms with van der Waals surface area (Å²) < 4.78 is 47.7. The molecule has 5 rings (SSSR count). The number of pyridine rings is 2. The van der Waals surface area contributed by atoms with Gasteiger partial charge in [-0.2, -0.15) is 18.4 Å². The van der Waals surface area contributed by atoms with Crippen LogP contribution in [0.1, 0.15) is 45.2 Å². The van der Waals surface area contributed by atoms with E-state index < -0.39 is 17.5 Å². The Bertz CT molecular complexity index is 1770. The van der Waals surface area contributed by atoms with E-state index in [4.69, 9.17) is 4.74 Å². The molecule has 0 amide bonds. The second kappa shape index (κ2) is 9.73. The Morgan fingerprint density at radius 3 is 2.38 bits per heavy atom. The van der Waals surface area contributed by atoms with E-state index >= 15 is 0 Å². The molecule has 0 fully saturated rings. The molecular formula is C27H23F3N8O2. The van der Waals surface area contributed by atoms with Crippen LogP contribution in [0.3, 0.4) is 0 Å². The third-order valence-corrected chi connectivity index (χ3v) is 6.94. The molecule has 5 aromatic rings. The highest BCUT2D eigenvalue weighted by molar-refractivity contribution is 5.88. The molecule has 13 heteroatoms. The second-order valence-corrected chi connectivity index (χ2v) is 9.25. The van der Waals surface area contributed by atoms with Crippen LogP contribution in [-0.2, 0) is 32.3 Å². The Hall–Kier alpha value is -4.83. The third-order valence-electron chi connectivity index (χ3n) is 6.94. The van der Waals surface area contributed by atoms with Crippen molar-refractivity contribution in [2.24, 2.45) is 14.1 Å². The van der Waals surface area contributed by atoms with Crippen molar-refractivity contribution in [3.63, 3.8) is 0 Å². The van der Waals surface area contributed by atoms with Crippen molar-refractivity contribution in [2.75, 3.05) is 7.11 Å². The monoisotopic (exact) mass is 548 g/mol. The number of nitrogens with zero attached hydrogens (tertiary/aromatic N) is 8. The average Bonchev–Trinajstić information content (AvgIpc) is 3.52. The Morgan fingerprint density at radius 2 is 1.82 bits per heavy atom. The van der Waals surface area contributed by atoms with Gasteiger partial charge in [-0.1, -0.05) is 17.3 Å². The number of halogens is 3. The summed E-state index contributed by atoms with van der Waals surface area (Å²) >= 11 is 0. The first-order chi connectivity index (χ1) is 19.0. The maximum atomic E-state index is 13.0. The molecule has 0 radical (unpaired) electrons. The van der Waals surface area contributed by atoms with E-state index in [0.29, 0.717) is 44.8 Å². The van der Waals surface area contributed by atoms with Crippen LogP contribution in [0.4, 0.5) is 13.2 Å². The first-order valence-corrected chi connectivity index (χ1v) is 12.0. The molecule has 0 saturated heterocycles. The standard InChI is InChI=1S/C27H23F3N8O2/c1-15-32-13-23(37(15)2)26(39,24-14-34-36-38(24)3)17-6-7-21-18(10-17)20(11-31)19(25(35-21)40-4)9-16-5-8-22(33-12-16)27(28,29)30/h5-8,10,12-14,39H,9H2,1-4H3. The number of rotatable bonds is 6. The molecule has 0 aliphatic rings. The van der Waals surface area contributed by atoms with Crippen molar-refractivity contribution in [1.29, 1.82) is 5.26 Å². The minimum absolute atomic E-state index is 0.0429. The molecule has 1 N–H and O–H groups in total. The number of imidazole rings is 1. The Kier molecular flexibility index (Phi) is 6.51. The number of ether oxygens (including phenoxy) is 1. The van der Waals surface area contributed by atoms with Gasteiger partial charge in [0.15, 0.2) is 5.60 Å². The number of aromatic nitrogens is 7. The van der Waals surface area contributed by atoms with Crippen LogP contribution in [0.15, 0.2) is 48.9 Å². The summed E-state index contributed by atoms with van der Waals surface area (Å²) in [6.07, 6.45) is -0.397. The largest absolute Gasteiger partial charge is 0.481 e. The Labute approximate surface area is 226 Å². The number of hydrogen-bond acceptors (Lipinski definition) is 8. The summed E-state index contributed by atoms with van der Waals surface area (Å²) in [5.74, 6) is 0.825. The zero-order valence-corrected chi connectivity index (χ0v) is 21.9. The molecule has 0 bridgehead atoms. The molecule has 204 valence electrons. The van der Waals surface area contributed by atoms with E-state index in [1.807, 2.05) is 0 Å². The van der Waals surface area contributed by atoms with Crippen LogP contribution in [0.2, 0.25) is 0 Å². The molecule has 1 unspecified atom stereocenters. The molecule has 4 aromatic heterocycles. The van der Waals surface area contributed by atoms with Gasteiger partial charge in [0.1, 0.15) is 23.3 Å². The summed E-state index contributed by atoms with van der Waals surface area (Å²) in [6.45, 7) is 1.80. The summed E-state index contributed by atoms with van der Waals surface area (Å²) in [6, 6.07) is 9.39. The molecule has 10 nitrogen and oxygen atoms in total. The average molecular weight is 549 g/mol. The van der Waals surface area contributed by atoms with Crippen molar-refractivity contribution in [1.82, 2.24) is 34.5 Å². The fraction of sp³-hybridized carbons (Fsp3) is 0.259. The summed E-state index contributed by atoms with van der Waals surface area (Å²) in [4.78, 5) is 12.4. The van der Waals surface area contributed by atoms with Gasteiger partial charge >= 0.3 is 6.18 Å². The number of benzene rings is 1. The molecule has 0 spiro atoms. The molecule has 0 aliphatic carbocycles. The van der Waals surface area contributed by atoms with E-state index in [1.54, 1.807) is 50.0 Å². The van der Waals surface area contributed by atoms with E-state index in [9.17, 15) is 23.5 Å². The summed E-state index contributed by atoms with van der Waals surface area (Å²) in [7, 11) is 4.83. The van der Waals surface area contributed by atoms with Crippen molar-refractivity contribution in [3.05, 3.63) is 94.1 Å². The lowest BCUT2D eigenvalue weighted by Crippen LogP contribution is -2.33. The Morgan fingerprint density at radius 1 is 1.05 bits per heavy atom. The molecule has 0 aliphatic heterocycles. The highest BCUT2D eigenvalue weighted by Gasteiger charge is 2.40. The van der Waals surface area contributed by atoms with Crippen molar-refractivity contribution >= 4 is 10.9 Å². The van der Waals surface area contributed by atoms with Crippen molar-refractivity contribution in [2.45, 2.75) is 25.1 Å². The molecule has 40 heavy (non-hydrogen) atoms. The number of methoxy groups -OCH3 is 1. The van der Waals surface area contributed by atoms with Gasteiger partial charge in [-0.25, -0.2) is 14.6 Å². The second-order valence-electron chi connectivity index (χ2n) is 9.25. The van der Waals surface area contributed by atoms with E-state index in [2.05, 4.69) is 31.3 Å². The molecule has 1 atom stereocenters. The number of aliphatic hydroxyl groups is 1. The summed E-state index contributed by atoms with van der Waals surface area (Å²) in [5.41, 5.74) is -0.114. The van der Waals surface area contributed by atoms with Gasteiger partial charge in [-0.05, 0) is 36.2 Å². The van der Waals surface area contributed by atoms with Crippen LogP contribution in [0.25, 0.3) is 10.9 Å². The zero-order valence-electron chi connectivity index (χ0n) is 21.9. The third kappa shape index (κ3) is 4.32. The van der Waals surface area contributed by atoms with Crippen molar-refractivity contribution in [3.8, 4) is 11.9 Å². The first kappa shape index (κ1) is 26.8. The maximum Gasteiger partial charge on any atom is 0.433 e. The number of alkyl halides is 3. The minimum atomic E-state index is -4.57.